The van der Waals surface area contributed by atoms with Crippen LogP contribution < -0.4 is 14.4 Å². The van der Waals surface area contributed by atoms with Crippen molar-refractivity contribution in [2.24, 2.45) is 5.92 Å². The highest BCUT2D eigenvalue weighted by molar-refractivity contribution is 7.92. The zero-order valence-corrected chi connectivity index (χ0v) is 25.1. The van der Waals surface area contributed by atoms with E-state index in [4.69, 9.17) is 27.9 Å². The Balaban J connectivity index is 2.08. The molecule has 0 spiro atoms. The second-order valence-corrected chi connectivity index (χ2v) is 12.2. The standard InChI is InChI=1S/C29H33Cl2N3O5S/c1-20(2)17-32-29(36)21(3)33(18-23-24(30)13-10-14-25(23)31)28(35)19-34(26-15-8-9-16-27(26)39-4)40(37,38)22-11-6-5-7-12-22/h5-16,20-21H,17-19H2,1-4H3,(H,32,36). The van der Waals surface area contributed by atoms with Crippen LogP contribution in [0.4, 0.5) is 5.69 Å². The van der Waals surface area contributed by atoms with E-state index in [1.54, 1.807) is 67.6 Å². The van der Waals surface area contributed by atoms with Crippen LogP contribution >= 0.6 is 23.2 Å². The number of nitrogens with one attached hydrogen (secondary N) is 1. The predicted octanol–water partition coefficient (Wildman–Crippen LogP) is 5.39. The van der Waals surface area contributed by atoms with Crippen molar-refractivity contribution >= 4 is 50.7 Å². The van der Waals surface area contributed by atoms with E-state index in [9.17, 15) is 18.0 Å². The molecule has 3 aromatic carbocycles. The van der Waals surface area contributed by atoms with Gasteiger partial charge in [0.05, 0.1) is 17.7 Å². The van der Waals surface area contributed by atoms with Crippen molar-refractivity contribution in [3.63, 3.8) is 0 Å². The van der Waals surface area contributed by atoms with Gasteiger partial charge in [-0.3, -0.25) is 13.9 Å². The Morgan fingerprint density at radius 2 is 1.50 bits per heavy atom. The molecule has 3 rings (SSSR count). The van der Waals surface area contributed by atoms with Crippen LogP contribution in [0, 0.1) is 5.92 Å². The van der Waals surface area contributed by atoms with E-state index in [0.29, 0.717) is 22.2 Å². The highest BCUT2D eigenvalue weighted by Gasteiger charge is 2.34. The quantitative estimate of drug-likeness (QED) is 0.299. The number of hydrogen-bond donors (Lipinski definition) is 1. The summed E-state index contributed by atoms with van der Waals surface area (Å²) in [6.07, 6.45) is 0. The van der Waals surface area contributed by atoms with Gasteiger partial charge in [-0.25, -0.2) is 8.42 Å². The van der Waals surface area contributed by atoms with Crippen LogP contribution in [-0.2, 0) is 26.2 Å². The van der Waals surface area contributed by atoms with E-state index < -0.39 is 28.5 Å². The molecule has 0 radical (unpaired) electrons. The minimum Gasteiger partial charge on any atom is -0.495 e. The van der Waals surface area contributed by atoms with Crippen molar-refractivity contribution in [1.82, 2.24) is 10.2 Å². The lowest BCUT2D eigenvalue weighted by molar-refractivity contribution is -0.139. The summed E-state index contributed by atoms with van der Waals surface area (Å²) < 4.78 is 34.2. The molecule has 0 bridgehead atoms. The summed E-state index contributed by atoms with van der Waals surface area (Å²) in [5.41, 5.74) is 0.618. The Bertz CT molecular complexity index is 1410. The number of amides is 2. The van der Waals surface area contributed by atoms with Crippen LogP contribution in [0.25, 0.3) is 0 Å². The highest BCUT2D eigenvalue weighted by Crippen LogP contribution is 2.33. The van der Waals surface area contributed by atoms with E-state index in [1.165, 1.54) is 24.1 Å². The normalized spacial score (nSPS) is 12.1. The van der Waals surface area contributed by atoms with Crippen molar-refractivity contribution in [3.8, 4) is 5.75 Å². The molecular formula is C29H33Cl2N3O5S. The maximum absolute atomic E-state index is 14.0. The third-order valence-corrected chi connectivity index (χ3v) is 8.69. The minimum atomic E-state index is -4.22. The lowest BCUT2D eigenvalue weighted by atomic mass is 10.1. The number of rotatable bonds is 12. The fourth-order valence-corrected chi connectivity index (χ4v) is 5.92. The molecule has 0 fully saturated rings. The molecule has 1 N–H and O–H groups in total. The van der Waals surface area contributed by atoms with Gasteiger partial charge in [-0.05, 0) is 49.2 Å². The van der Waals surface area contributed by atoms with Crippen LogP contribution in [0.5, 0.6) is 5.75 Å². The SMILES string of the molecule is COc1ccccc1N(CC(=O)N(Cc1c(Cl)cccc1Cl)C(C)C(=O)NCC(C)C)S(=O)(=O)c1ccccc1. The lowest BCUT2D eigenvalue weighted by Crippen LogP contribution is -2.51. The number of carbonyl (C=O) groups excluding carboxylic acids is 2. The largest absolute Gasteiger partial charge is 0.495 e. The predicted molar refractivity (Wildman–Crippen MR) is 158 cm³/mol. The van der Waals surface area contributed by atoms with Gasteiger partial charge in [0.15, 0.2) is 0 Å². The molecule has 0 saturated heterocycles. The van der Waals surface area contributed by atoms with Gasteiger partial charge < -0.3 is 15.0 Å². The molecule has 0 aliphatic heterocycles. The maximum Gasteiger partial charge on any atom is 0.264 e. The van der Waals surface area contributed by atoms with Crippen molar-refractivity contribution in [1.29, 1.82) is 0 Å². The number of anilines is 1. The monoisotopic (exact) mass is 605 g/mol. The Hall–Kier alpha value is -3.27. The second kappa shape index (κ2) is 13.9. The number of ether oxygens (including phenoxy) is 1. The number of sulfonamides is 1. The van der Waals surface area contributed by atoms with Gasteiger partial charge in [-0.2, -0.15) is 0 Å². The van der Waals surface area contributed by atoms with Crippen molar-refractivity contribution in [2.45, 2.75) is 38.3 Å². The smallest absolute Gasteiger partial charge is 0.264 e. The van der Waals surface area contributed by atoms with E-state index in [0.717, 1.165) is 4.31 Å². The Morgan fingerprint density at radius 3 is 2.10 bits per heavy atom. The zero-order chi connectivity index (χ0) is 29.4. The van der Waals surface area contributed by atoms with Crippen LogP contribution in [0.3, 0.4) is 0 Å². The fourth-order valence-electron chi connectivity index (χ4n) is 3.96. The maximum atomic E-state index is 14.0. The van der Waals surface area contributed by atoms with Gasteiger partial charge in [0.25, 0.3) is 10.0 Å². The molecule has 8 nitrogen and oxygen atoms in total. The summed E-state index contributed by atoms with van der Waals surface area (Å²) in [6, 6.07) is 18.3. The van der Waals surface area contributed by atoms with Crippen LogP contribution in [0.1, 0.15) is 26.3 Å². The summed E-state index contributed by atoms with van der Waals surface area (Å²) in [5.74, 6) is -0.567. The van der Waals surface area contributed by atoms with Gasteiger partial charge in [0, 0.05) is 28.7 Å². The topological polar surface area (TPSA) is 96.0 Å². The summed E-state index contributed by atoms with van der Waals surface area (Å²) in [7, 11) is -2.80. The number of nitrogens with zero attached hydrogens (tertiary/aromatic N) is 2. The first-order chi connectivity index (χ1) is 19.0. The van der Waals surface area contributed by atoms with Crippen LogP contribution in [-0.4, -0.2) is 51.4 Å². The molecule has 1 unspecified atom stereocenters. The van der Waals surface area contributed by atoms with E-state index in [1.807, 2.05) is 13.8 Å². The van der Waals surface area contributed by atoms with Gasteiger partial charge in [0.1, 0.15) is 18.3 Å². The van der Waals surface area contributed by atoms with Crippen LogP contribution in [0.2, 0.25) is 10.0 Å². The van der Waals surface area contributed by atoms with Crippen molar-refractivity contribution in [3.05, 3.63) is 88.4 Å². The van der Waals surface area contributed by atoms with Gasteiger partial charge in [0.2, 0.25) is 11.8 Å². The third kappa shape index (κ3) is 7.47. The third-order valence-electron chi connectivity index (χ3n) is 6.21. The first-order valence-corrected chi connectivity index (χ1v) is 14.9. The molecule has 0 heterocycles. The van der Waals surface area contributed by atoms with Gasteiger partial charge in [-0.1, -0.05) is 73.4 Å². The second-order valence-electron chi connectivity index (χ2n) is 9.53. The molecule has 214 valence electrons. The molecule has 40 heavy (non-hydrogen) atoms. The van der Waals surface area contributed by atoms with E-state index >= 15 is 0 Å². The van der Waals surface area contributed by atoms with E-state index in [-0.39, 0.29) is 34.7 Å². The number of benzene rings is 3. The number of methoxy groups -OCH3 is 1. The molecule has 0 aromatic heterocycles. The lowest BCUT2D eigenvalue weighted by Gasteiger charge is -2.32. The van der Waals surface area contributed by atoms with Crippen molar-refractivity contribution < 1.29 is 22.7 Å². The fraction of sp³-hybridized carbons (Fsp3) is 0.310. The summed E-state index contributed by atoms with van der Waals surface area (Å²) in [5, 5.41) is 3.48. The number of hydrogen-bond acceptors (Lipinski definition) is 5. The average molecular weight is 607 g/mol. The Morgan fingerprint density at radius 1 is 0.900 bits per heavy atom. The first-order valence-electron chi connectivity index (χ1n) is 12.7. The Kier molecular flexibility index (Phi) is 10.8. The molecule has 0 aliphatic rings. The Labute approximate surface area is 245 Å². The summed E-state index contributed by atoms with van der Waals surface area (Å²) in [4.78, 5) is 28.4. The van der Waals surface area contributed by atoms with Crippen LogP contribution in [0.15, 0.2) is 77.7 Å². The molecule has 1 atom stereocenters. The average Bonchev–Trinajstić information content (AvgIpc) is 2.94. The first kappa shape index (κ1) is 31.3. The summed E-state index contributed by atoms with van der Waals surface area (Å²) >= 11 is 12.8. The number of halogens is 2. The zero-order valence-electron chi connectivity index (χ0n) is 22.8. The number of para-hydroxylation sites is 2. The molecule has 0 aliphatic carbocycles. The minimum absolute atomic E-state index is 0.00266. The van der Waals surface area contributed by atoms with Gasteiger partial charge >= 0.3 is 0 Å². The molecule has 11 heteroatoms. The van der Waals surface area contributed by atoms with E-state index in [2.05, 4.69) is 5.32 Å². The molecule has 0 saturated carbocycles. The molecule has 2 amide bonds. The molecular weight excluding hydrogens is 573 g/mol. The number of carbonyl (C=O) groups is 2. The highest BCUT2D eigenvalue weighted by atomic mass is 35.5. The summed E-state index contributed by atoms with van der Waals surface area (Å²) in [6.45, 7) is 5.18. The molecule has 3 aromatic rings. The van der Waals surface area contributed by atoms with Gasteiger partial charge in [-0.15, -0.1) is 0 Å². The van der Waals surface area contributed by atoms with Crippen molar-refractivity contribution in [2.75, 3.05) is 24.5 Å².